The zero-order chi connectivity index (χ0) is 16.3. The number of nitrogens with zero attached hydrogens (tertiary/aromatic N) is 2. The smallest absolute Gasteiger partial charge is 0.123 e. The van der Waals surface area contributed by atoms with Crippen LogP contribution in [0.1, 0.15) is 37.4 Å². The van der Waals surface area contributed by atoms with E-state index in [-0.39, 0.29) is 5.41 Å². The number of rotatable bonds is 6. The fourth-order valence-electron chi connectivity index (χ4n) is 3.54. The molecule has 1 atom stereocenters. The minimum atomic E-state index is 0.116. The van der Waals surface area contributed by atoms with Gasteiger partial charge in [0, 0.05) is 36.1 Å². The first-order valence-electron chi connectivity index (χ1n) is 8.49. The lowest BCUT2D eigenvalue weighted by Gasteiger charge is -2.26. The maximum atomic E-state index is 9.77. The molecule has 2 aromatic rings. The van der Waals surface area contributed by atoms with Crippen molar-refractivity contribution in [1.29, 1.82) is 0 Å². The Kier molecular flexibility index (Phi) is 5.14. The molecule has 0 aliphatic carbocycles. The quantitative estimate of drug-likeness (QED) is 0.866. The van der Waals surface area contributed by atoms with Gasteiger partial charge in [0.15, 0.2) is 0 Å². The Balaban J connectivity index is 1.65. The van der Waals surface area contributed by atoms with Crippen LogP contribution in [0.4, 0.5) is 0 Å². The van der Waals surface area contributed by atoms with Crippen LogP contribution in [0.5, 0.6) is 0 Å². The molecule has 0 bridgehead atoms. The minimum absolute atomic E-state index is 0.116. The third kappa shape index (κ3) is 3.82. The summed E-state index contributed by atoms with van der Waals surface area (Å²) in [6.45, 7) is 7.58. The van der Waals surface area contributed by atoms with Gasteiger partial charge in [-0.2, -0.15) is 0 Å². The summed E-state index contributed by atoms with van der Waals surface area (Å²) in [6, 6.07) is 8.56. The molecule has 0 spiro atoms. The highest BCUT2D eigenvalue weighted by molar-refractivity contribution is 7.13. The van der Waals surface area contributed by atoms with Gasteiger partial charge in [0.05, 0.1) is 5.69 Å². The average molecular weight is 330 g/mol. The Hall–Kier alpha value is -1.23. The standard InChI is InChI=1S/C19H26N2OS/c1-3-8-19(14-22)9-10-21(13-19)11-17-12-23-18(20-17)16-6-4-15(2)5-7-16/h4-7,12,22H,3,8-11,13-14H2,1-2H3. The van der Waals surface area contributed by atoms with Crippen LogP contribution in [-0.4, -0.2) is 34.7 Å². The summed E-state index contributed by atoms with van der Waals surface area (Å²) in [7, 11) is 0. The van der Waals surface area contributed by atoms with E-state index in [0.29, 0.717) is 6.61 Å². The predicted octanol–water partition coefficient (Wildman–Crippen LogP) is 4.10. The Labute approximate surface area is 143 Å². The van der Waals surface area contributed by atoms with Gasteiger partial charge < -0.3 is 5.11 Å². The summed E-state index contributed by atoms with van der Waals surface area (Å²) in [5.74, 6) is 0. The average Bonchev–Trinajstić information content (AvgIpc) is 3.17. The van der Waals surface area contributed by atoms with E-state index in [0.717, 1.165) is 49.6 Å². The van der Waals surface area contributed by atoms with Crippen LogP contribution in [0.15, 0.2) is 29.6 Å². The Morgan fingerprint density at radius 2 is 2.09 bits per heavy atom. The van der Waals surface area contributed by atoms with Gasteiger partial charge in [0.1, 0.15) is 5.01 Å². The minimum Gasteiger partial charge on any atom is -0.396 e. The highest BCUT2D eigenvalue weighted by atomic mass is 32.1. The van der Waals surface area contributed by atoms with E-state index in [2.05, 4.69) is 48.4 Å². The lowest BCUT2D eigenvalue weighted by Crippen LogP contribution is -2.30. The number of likely N-dealkylation sites (tertiary alicyclic amines) is 1. The molecular formula is C19H26N2OS. The molecule has 1 unspecified atom stereocenters. The number of hydrogen-bond acceptors (Lipinski definition) is 4. The normalized spacial score (nSPS) is 21.9. The van der Waals surface area contributed by atoms with E-state index in [4.69, 9.17) is 4.98 Å². The van der Waals surface area contributed by atoms with Gasteiger partial charge in [0.25, 0.3) is 0 Å². The molecule has 23 heavy (non-hydrogen) atoms. The van der Waals surface area contributed by atoms with Gasteiger partial charge in [-0.25, -0.2) is 4.98 Å². The molecule has 1 saturated heterocycles. The van der Waals surface area contributed by atoms with Gasteiger partial charge in [-0.15, -0.1) is 11.3 Å². The maximum Gasteiger partial charge on any atom is 0.123 e. The summed E-state index contributed by atoms with van der Waals surface area (Å²) < 4.78 is 0. The van der Waals surface area contributed by atoms with Crippen LogP contribution in [0.2, 0.25) is 0 Å². The van der Waals surface area contributed by atoms with Crippen molar-refractivity contribution >= 4 is 11.3 Å². The largest absolute Gasteiger partial charge is 0.396 e. The van der Waals surface area contributed by atoms with Crippen molar-refractivity contribution in [2.24, 2.45) is 5.41 Å². The first-order chi connectivity index (χ1) is 11.1. The zero-order valence-electron chi connectivity index (χ0n) is 14.1. The fraction of sp³-hybridized carbons (Fsp3) is 0.526. The molecule has 2 heterocycles. The fourth-order valence-corrected chi connectivity index (χ4v) is 4.36. The third-order valence-corrected chi connectivity index (χ3v) is 5.81. The number of aryl methyl sites for hydroxylation is 1. The molecule has 0 radical (unpaired) electrons. The molecule has 3 nitrogen and oxygen atoms in total. The number of hydrogen-bond donors (Lipinski definition) is 1. The third-order valence-electron chi connectivity index (χ3n) is 4.87. The van der Waals surface area contributed by atoms with E-state index in [1.54, 1.807) is 11.3 Å². The van der Waals surface area contributed by atoms with Gasteiger partial charge in [-0.3, -0.25) is 4.90 Å². The molecular weight excluding hydrogens is 304 g/mol. The molecule has 1 N–H and O–H groups in total. The summed E-state index contributed by atoms with van der Waals surface area (Å²) in [4.78, 5) is 7.25. The summed E-state index contributed by atoms with van der Waals surface area (Å²) >= 11 is 1.72. The number of benzene rings is 1. The number of aliphatic hydroxyl groups is 1. The highest BCUT2D eigenvalue weighted by Gasteiger charge is 2.36. The molecule has 1 aliphatic rings. The van der Waals surface area contributed by atoms with Crippen LogP contribution in [0.25, 0.3) is 10.6 Å². The van der Waals surface area contributed by atoms with Crippen molar-refractivity contribution in [3.63, 3.8) is 0 Å². The van der Waals surface area contributed by atoms with Crippen molar-refractivity contribution in [3.8, 4) is 10.6 Å². The number of aliphatic hydroxyl groups excluding tert-OH is 1. The van der Waals surface area contributed by atoms with Crippen molar-refractivity contribution in [2.75, 3.05) is 19.7 Å². The SMILES string of the molecule is CCCC1(CO)CCN(Cc2csc(-c3ccc(C)cc3)n2)C1. The first-order valence-corrected chi connectivity index (χ1v) is 9.37. The van der Waals surface area contributed by atoms with Crippen LogP contribution in [0, 0.1) is 12.3 Å². The lowest BCUT2D eigenvalue weighted by atomic mass is 9.83. The van der Waals surface area contributed by atoms with Crippen molar-refractivity contribution in [1.82, 2.24) is 9.88 Å². The Morgan fingerprint density at radius 1 is 1.30 bits per heavy atom. The van der Waals surface area contributed by atoms with Crippen molar-refractivity contribution < 1.29 is 5.11 Å². The Morgan fingerprint density at radius 3 is 2.78 bits per heavy atom. The number of aromatic nitrogens is 1. The first kappa shape index (κ1) is 16.6. The predicted molar refractivity (Wildman–Crippen MR) is 96.6 cm³/mol. The zero-order valence-corrected chi connectivity index (χ0v) is 14.9. The second-order valence-corrected chi connectivity index (χ2v) is 7.74. The number of thiazole rings is 1. The van der Waals surface area contributed by atoms with E-state index in [9.17, 15) is 5.11 Å². The maximum absolute atomic E-state index is 9.77. The van der Waals surface area contributed by atoms with E-state index in [1.165, 1.54) is 11.1 Å². The molecule has 1 aromatic carbocycles. The van der Waals surface area contributed by atoms with E-state index >= 15 is 0 Å². The Bertz CT molecular complexity index is 637. The molecule has 3 rings (SSSR count). The molecule has 1 fully saturated rings. The summed E-state index contributed by atoms with van der Waals surface area (Å²) in [5, 5.41) is 13.0. The van der Waals surface area contributed by atoms with Gasteiger partial charge in [-0.1, -0.05) is 43.2 Å². The van der Waals surface area contributed by atoms with Crippen LogP contribution in [-0.2, 0) is 6.54 Å². The molecule has 1 aromatic heterocycles. The van der Waals surface area contributed by atoms with Crippen LogP contribution >= 0.6 is 11.3 Å². The van der Waals surface area contributed by atoms with Gasteiger partial charge in [-0.05, 0) is 26.3 Å². The second kappa shape index (κ2) is 7.12. The molecule has 0 amide bonds. The topological polar surface area (TPSA) is 36.4 Å². The monoisotopic (exact) mass is 330 g/mol. The highest BCUT2D eigenvalue weighted by Crippen LogP contribution is 2.35. The molecule has 1 aliphatic heterocycles. The molecule has 4 heteroatoms. The van der Waals surface area contributed by atoms with Crippen LogP contribution < -0.4 is 0 Å². The van der Waals surface area contributed by atoms with Gasteiger partial charge >= 0.3 is 0 Å². The van der Waals surface area contributed by atoms with E-state index in [1.807, 2.05) is 0 Å². The van der Waals surface area contributed by atoms with Crippen LogP contribution in [0.3, 0.4) is 0 Å². The van der Waals surface area contributed by atoms with E-state index < -0.39 is 0 Å². The summed E-state index contributed by atoms with van der Waals surface area (Å²) in [5.41, 5.74) is 3.74. The van der Waals surface area contributed by atoms with Crippen molar-refractivity contribution in [2.45, 2.75) is 39.7 Å². The van der Waals surface area contributed by atoms with Gasteiger partial charge in [0.2, 0.25) is 0 Å². The summed E-state index contributed by atoms with van der Waals surface area (Å²) in [6.07, 6.45) is 3.36. The molecule has 124 valence electrons. The van der Waals surface area contributed by atoms with Crippen molar-refractivity contribution in [3.05, 3.63) is 40.9 Å². The lowest BCUT2D eigenvalue weighted by molar-refractivity contribution is 0.117. The molecule has 0 saturated carbocycles. The second-order valence-electron chi connectivity index (χ2n) is 6.88.